The number of H-pyrrole nitrogens is 1. The molecule has 0 amide bonds. The number of rotatable bonds is 3. The SMILES string of the molecule is CCc1c(-c2ccc3c(c2)cc2n3CCC(N)C2)[nH]c(=O)c(C(=O)O)c1O.Cl. The maximum Gasteiger partial charge on any atom is 0.345 e. The Morgan fingerprint density at radius 1 is 1.36 bits per heavy atom. The molecule has 148 valence electrons. The van der Waals surface area contributed by atoms with Crippen LogP contribution in [0.3, 0.4) is 0 Å². The van der Waals surface area contributed by atoms with E-state index in [0.29, 0.717) is 17.7 Å². The number of halogens is 1. The molecule has 7 nitrogen and oxygen atoms in total. The highest BCUT2D eigenvalue weighted by atomic mass is 35.5. The van der Waals surface area contributed by atoms with E-state index in [-0.39, 0.29) is 18.4 Å². The molecule has 0 spiro atoms. The van der Waals surface area contributed by atoms with Crippen LogP contribution in [0.5, 0.6) is 5.75 Å². The molecule has 8 heteroatoms. The van der Waals surface area contributed by atoms with Gasteiger partial charge in [0.2, 0.25) is 0 Å². The average molecular weight is 404 g/mol. The molecule has 1 atom stereocenters. The van der Waals surface area contributed by atoms with Crippen LogP contribution in [0.2, 0.25) is 0 Å². The molecular formula is C20H22ClN3O4. The third-order valence-electron chi connectivity index (χ3n) is 5.33. The second kappa shape index (κ2) is 7.33. The van der Waals surface area contributed by atoms with Crippen LogP contribution in [-0.4, -0.2) is 31.8 Å². The number of nitrogens with two attached hydrogens (primary N) is 1. The molecule has 1 aliphatic heterocycles. The number of hydrogen-bond donors (Lipinski definition) is 4. The maximum atomic E-state index is 12.2. The van der Waals surface area contributed by atoms with Crippen LogP contribution in [0.4, 0.5) is 0 Å². The molecule has 0 radical (unpaired) electrons. The van der Waals surface area contributed by atoms with E-state index >= 15 is 0 Å². The third kappa shape index (κ3) is 3.06. The highest BCUT2D eigenvalue weighted by Gasteiger charge is 2.23. The number of hydrogen-bond acceptors (Lipinski definition) is 4. The summed E-state index contributed by atoms with van der Waals surface area (Å²) in [6.07, 6.45) is 2.16. The maximum absolute atomic E-state index is 12.2. The summed E-state index contributed by atoms with van der Waals surface area (Å²) < 4.78 is 2.26. The van der Waals surface area contributed by atoms with Crippen molar-refractivity contribution in [1.29, 1.82) is 0 Å². The summed E-state index contributed by atoms with van der Waals surface area (Å²) in [5, 5.41) is 20.6. The quantitative estimate of drug-likeness (QED) is 0.535. The van der Waals surface area contributed by atoms with Gasteiger partial charge in [0.1, 0.15) is 5.75 Å². The predicted molar refractivity (Wildman–Crippen MR) is 110 cm³/mol. The lowest BCUT2D eigenvalue weighted by atomic mass is 9.99. The molecule has 0 saturated heterocycles. The van der Waals surface area contributed by atoms with E-state index < -0.39 is 22.8 Å². The van der Waals surface area contributed by atoms with Gasteiger partial charge in [-0.15, -0.1) is 12.4 Å². The smallest absolute Gasteiger partial charge is 0.345 e. The molecule has 0 saturated carbocycles. The topological polar surface area (TPSA) is 121 Å². The predicted octanol–water partition coefficient (Wildman–Crippen LogP) is 2.66. The van der Waals surface area contributed by atoms with Crippen molar-refractivity contribution in [2.75, 3.05) is 0 Å². The largest absolute Gasteiger partial charge is 0.506 e. The minimum atomic E-state index is -1.44. The van der Waals surface area contributed by atoms with Crippen molar-refractivity contribution in [3.63, 3.8) is 0 Å². The van der Waals surface area contributed by atoms with Gasteiger partial charge in [-0.05, 0) is 36.6 Å². The van der Waals surface area contributed by atoms with Crippen molar-refractivity contribution in [2.45, 2.75) is 38.8 Å². The Morgan fingerprint density at radius 3 is 2.79 bits per heavy atom. The normalized spacial score (nSPS) is 15.9. The number of aromatic nitrogens is 2. The number of nitrogens with zero attached hydrogens (tertiary/aromatic N) is 1. The fourth-order valence-corrected chi connectivity index (χ4v) is 4.00. The number of aromatic carboxylic acids is 1. The molecule has 0 aliphatic carbocycles. The van der Waals surface area contributed by atoms with Crippen LogP contribution in [0.25, 0.3) is 22.2 Å². The first-order valence-electron chi connectivity index (χ1n) is 9.00. The van der Waals surface area contributed by atoms with Crippen LogP contribution in [0.15, 0.2) is 29.1 Å². The summed E-state index contributed by atoms with van der Waals surface area (Å²) in [6, 6.07) is 8.10. The number of benzene rings is 1. The van der Waals surface area contributed by atoms with Crippen molar-refractivity contribution < 1.29 is 15.0 Å². The van der Waals surface area contributed by atoms with Crippen molar-refractivity contribution in [1.82, 2.24) is 9.55 Å². The van der Waals surface area contributed by atoms with Crippen molar-refractivity contribution in [3.8, 4) is 17.0 Å². The first kappa shape index (κ1) is 20.0. The fourth-order valence-electron chi connectivity index (χ4n) is 4.00. The van der Waals surface area contributed by atoms with Crippen LogP contribution in [0, 0.1) is 0 Å². The molecule has 3 aromatic rings. The van der Waals surface area contributed by atoms with Gasteiger partial charge >= 0.3 is 5.97 Å². The minimum absolute atomic E-state index is 0. The van der Waals surface area contributed by atoms with E-state index in [1.54, 1.807) is 6.92 Å². The fraction of sp³-hybridized carbons (Fsp3) is 0.300. The number of carbonyl (C=O) groups is 1. The Hall–Kier alpha value is -2.77. The Morgan fingerprint density at radius 2 is 2.11 bits per heavy atom. The van der Waals surface area contributed by atoms with E-state index in [4.69, 9.17) is 5.73 Å². The van der Waals surface area contributed by atoms with Crippen molar-refractivity contribution in [2.24, 2.45) is 5.73 Å². The number of carboxylic acids is 1. The molecule has 1 aliphatic rings. The molecule has 4 rings (SSSR count). The van der Waals surface area contributed by atoms with E-state index in [9.17, 15) is 19.8 Å². The zero-order valence-corrected chi connectivity index (χ0v) is 16.2. The molecule has 0 bridgehead atoms. The molecule has 1 aromatic carbocycles. The lowest BCUT2D eigenvalue weighted by Crippen LogP contribution is -2.30. The standard InChI is InChI=1S/C20H21N3O4.ClH/c1-2-14-17(22-19(25)16(18(14)24)20(26)27)10-3-4-15-11(7-10)8-13-9-12(21)5-6-23(13)15;/h3-4,7-8,12H,2,5-6,9,21H2,1H3,(H,26,27)(H2,22,24,25);1H. The van der Waals surface area contributed by atoms with Crippen LogP contribution >= 0.6 is 12.4 Å². The summed E-state index contributed by atoms with van der Waals surface area (Å²) in [4.78, 5) is 26.1. The summed E-state index contributed by atoms with van der Waals surface area (Å²) in [5.41, 5.74) is 8.53. The molecular weight excluding hydrogens is 382 g/mol. The number of aryl methyl sites for hydroxylation is 1. The highest BCUT2D eigenvalue weighted by Crippen LogP contribution is 2.33. The monoisotopic (exact) mass is 403 g/mol. The number of aromatic amines is 1. The average Bonchev–Trinajstić information content (AvgIpc) is 2.97. The summed E-state index contributed by atoms with van der Waals surface area (Å²) in [6.45, 7) is 2.68. The summed E-state index contributed by atoms with van der Waals surface area (Å²) in [5.74, 6) is -1.91. The van der Waals surface area contributed by atoms with Crippen molar-refractivity contribution >= 4 is 29.3 Å². The van der Waals surface area contributed by atoms with Gasteiger partial charge in [-0.25, -0.2) is 4.79 Å². The Balaban J connectivity index is 0.00000225. The Kier molecular flexibility index (Phi) is 5.23. The van der Waals surface area contributed by atoms with Crippen LogP contribution in [0.1, 0.15) is 35.0 Å². The van der Waals surface area contributed by atoms with E-state index in [2.05, 4.69) is 15.6 Å². The van der Waals surface area contributed by atoms with Crippen molar-refractivity contribution in [3.05, 3.63) is 51.4 Å². The number of fused-ring (bicyclic) bond motifs is 3. The second-order valence-corrected chi connectivity index (χ2v) is 7.00. The Bertz CT molecular complexity index is 1130. The van der Waals surface area contributed by atoms with Gasteiger partial charge in [-0.3, -0.25) is 4.79 Å². The van der Waals surface area contributed by atoms with Gasteiger partial charge in [0.05, 0.1) is 5.69 Å². The molecule has 3 heterocycles. The van der Waals surface area contributed by atoms with Gasteiger partial charge in [-0.1, -0.05) is 13.0 Å². The highest BCUT2D eigenvalue weighted by molar-refractivity contribution is 5.92. The van der Waals surface area contributed by atoms with Gasteiger partial charge in [0.25, 0.3) is 5.56 Å². The summed E-state index contributed by atoms with van der Waals surface area (Å²) >= 11 is 0. The molecule has 0 fully saturated rings. The van der Waals surface area contributed by atoms with Crippen LogP contribution in [-0.2, 0) is 19.4 Å². The van der Waals surface area contributed by atoms with Gasteiger partial charge in [0, 0.05) is 41.2 Å². The number of aromatic hydroxyl groups is 1. The van der Waals surface area contributed by atoms with E-state index in [1.807, 2.05) is 18.2 Å². The lowest BCUT2D eigenvalue weighted by molar-refractivity contribution is 0.0691. The molecule has 2 aromatic heterocycles. The number of carboxylic acid groups (broad SMARTS) is 1. The number of nitrogens with one attached hydrogen (secondary N) is 1. The van der Waals surface area contributed by atoms with E-state index in [0.717, 1.165) is 35.9 Å². The first-order chi connectivity index (χ1) is 12.9. The second-order valence-electron chi connectivity index (χ2n) is 7.00. The van der Waals surface area contributed by atoms with Gasteiger partial charge < -0.3 is 25.5 Å². The van der Waals surface area contributed by atoms with Gasteiger partial charge in [-0.2, -0.15) is 0 Å². The zero-order valence-electron chi connectivity index (χ0n) is 15.4. The molecule has 1 unspecified atom stereocenters. The van der Waals surface area contributed by atoms with E-state index in [1.165, 1.54) is 5.69 Å². The number of pyridine rings is 1. The van der Waals surface area contributed by atoms with Gasteiger partial charge in [0.15, 0.2) is 5.56 Å². The first-order valence-corrected chi connectivity index (χ1v) is 9.00. The molecule has 5 N–H and O–H groups in total. The Labute approximate surface area is 167 Å². The van der Waals surface area contributed by atoms with Crippen LogP contribution < -0.4 is 11.3 Å². The molecule has 28 heavy (non-hydrogen) atoms. The lowest BCUT2D eigenvalue weighted by Gasteiger charge is -2.21. The third-order valence-corrected chi connectivity index (χ3v) is 5.33. The zero-order chi connectivity index (χ0) is 19.3. The minimum Gasteiger partial charge on any atom is -0.506 e. The summed E-state index contributed by atoms with van der Waals surface area (Å²) in [7, 11) is 0.